The molecule has 0 bridgehead atoms. The first kappa shape index (κ1) is 14.4. The van der Waals surface area contributed by atoms with Crippen LogP contribution in [0.1, 0.15) is 19.4 Å². The Hall–Kier alpha value is -2.55. The van der Waals surface area contributed by atoms with Crippen LogP contribution in [-0.4, -0.2) is 12.8 Å². The van der Waals surface area contributed by atoms with Crippen molar-refractivity contribution in [3.63, 3.8) is 0 Å². The maximum Gasteiger partial charge on any atom is 0.513 e. The Labute approximate surface area is 129 Å². The fourth-order valence-corrected chi connectivity index (χ4v) is 2.63. The number of aryl methyl sites for hydroxylation is 1. The molecule has 0 saturated heterocycles. The molecular weight excluding hydrogens is 276 g/mol. The number of carbonyl (C=O) groups is 1. The molecule has 0 fully saturated rings. The van der Waals surface area contributed by atoms with Gasteiger partial charge in [0.25, 0.3) is 0 Å². The van der Waals surface area contributed by atoms with E-state index in [1.54, 1.807) is 6.92 Å². The van der Waals surface area contributed by atoms with E-state index in [-0.39, 0.29) is 0 Å². The van der Waals surface area contributed by atoms with Gasteiger partial charge in [-0.05, 0) is 41.8 Å². The van der Waals surface area contributed by atoms with Crippen LogP contribution in [0.25, 0.3) is 21.5 Å². The first-order chi connectivity index (χ1) is 10.7. The van der Waals surface area contributed by atoms with Gasteiger partial charge in [0.05, 0.1) is 6.61 Å². The van der Waals surface area contributed by atoms with Gasteiger partial charge in [-0.15, -0.1) is 0 Å². The zero-order chi connectivity index (χ0) is 15.5. The summed E-state index contributed by atoms with van der Waals surface area (Å²) < 4.78 is 10.5. The average molecular weight is 294 g/mol. The molecule has 0 spiro atoms. The third kappa shape index (κ3) is 2.62. The first-order valence-electron chi connectivity index (χ1n) is 7.52. The van der Waals surface area contributed by atoms with Gasteiger partial charge in [-0.3, -0.25) is 0 Å². The summed E-state index contributed by atoms with van der Waals surface area (Å²) in [4.78, 5) is 11.8. The van der Waals surface area contributed by atoms with Crippen LogP contribution in [-0.2, 0) is 11.2 Å². The fourth-order valence-electron chi connectivity index (χ4n) is 2.63. The van der Waals surface area contributed by atoms with E-state index in [0.717, 1.165) is 28.0 Å². The molecule has 0 heterocycles. The number of hydrogen-bond donors (Lipinski definition) is 0. The molecule has 0 saturated carbocycles. The molecule has 0 aliphatic heterocycles. The van der Waals surface area contributed by atoms with E-state index in [1.807, 2.05) is 24.3 Å². The lowest BCUT2D eigenvalue weighted by atomic mass is 9.99. The minimum absolute atomic E-state index is 0.293. The summed E-state index contributed by atoms with van der Waals surface area (Å²) in [5.41, 5.74) is 1.21. The van der Waals surface area contributed by atoms with Crippen molar-refractivity contribution in [1.82, 2.24) is 0 Å². The first-order valence-corrected chi connectivity index (χ1v) is 7.52. The molecule has 0 aliphatic carbocycles. The van der Waals surface area contributed by atoms with Gasteiger partial charge in [-0.2, -0.15) is 0 Å². The highest BCUT2D eigenvalue weighted by molar-refractivity contribution is 6.06. The molecule has 0 atom stereocenters. The number of benzene rings is 3. The van der Waals surface area contributed by atoms with Crippen molar-refractivity contribution in [2.45, 2.75) is 20.3 Å². The second kappa shape index (κ2) is 6.06. The molecule has 3 rings (SSSR count). The standard InChI is InChI=1S/C19H18O3/c1-3-13-9-10-15-12-14-7-5-6-8-16(14)18(17(15)11-13)22-19(20)21-4-2/h5-12H,3-4H2,1-2H3. The monoisotopic (exact) mass is 294 g/mol. The van der Waals surface area contributed by atoms with E-state index in [4.69, 9.17) is 9.47 Å². The fraction of sp³-hybridized carbons (Fsp3) is 0.211. The van der Waals surface area contributed by atoms with Gasteiger partial charge >= 0.3 is 6.16 Å². The zero-order valence-corrected chi connectivity index (χ0v) is 12.8. The summed E-state index contributed by atoms with van der Waals surface area (Å²) in [6, 6.07) is 16.3. The predicted octanol–water partition coefficient (Wildman–Crippen LogP) is 5.09. The maximum atomic E-state index is 11.8. The minimum atomic E-state index is -0.665. The highest BCUT2D eigenvalue weighted by Gasteiger charge is 2.14. The quantitative estimate of drug-likeness (QED) is 0.383. The summed E-state index contributed by atoms with van der Waals surface area (Å²) in [5.74, 6) is 0.571. The Morgan fingerprint density at radius 3 is 2.50 bits per heavy atom. The molecule has 0 N–H and O–H groups in total. The maximum absolute atomic E-state index is 11.8. The molecule has 0 aliphatic rings. The van der Waals surface area contributed by atoms with Gasteiger partial charge in [0.1, 0.15) is 5.75 Å². The van der Waals surface area contributed by atoms with Crippen LogP contribution >= 0.6 is 0 Å². The van der Waals surface area contributed by atoms with Crippen molar-refractivity contribution in [1.29, 1.82) is 0 Å². The Bertz CT molecular complexity index is 837. The Morgan fingerprint density at radius 2 is 1.73 bits per heavy atom. The number of ether oxygens (including phenoxy) is 2. The topological polar surface area (TPSA) is 35.5 Å². The molecule has 3 aromatic rings. The largest absolute Gasteiger partial charge is 0.513 e. The smallest absolute Gasteiger partial charge is 0.434 e. The van der Waals surface area contributed by atoms with Gasteiger partial charge in [0.2, 0.25) is 0 Å². The van der Waals surface area contributed by atoms with E-state index in [9.17, 15) is 4.79 Å². The van der Waals surface area contributed by atoms with Crippen LogP contribution in [0, 0.1) is 0 Å². The molecule has 3 heteroatoms. The van der Waals surface area contributed by atoms with Crippen molar-refractivity contribution in [3.8, 4) is 5.75 Å². The second-order valence-electron chi connectivity index (χ2n) is 5.12. The number of carbonyl (C=O) groups excluding carboxylic acids is 1. The zero-order valence-electron chi connectivity index (χ0n) is 12.8. The molecular formula is C19H18O3. The predicted molar refractivity (Wildman–Crippen MR) is 88.5 cm³/mol. The lowest BCUT2D eigenvalue weighted by molar-refractivity contribution is 0.105. The minimum Gasteiger partial charge on any atom is -0.434 e. The van der Waals surface area contributed by atoms with Gasteiger partial charge < -0.3 is 9.47 Å². The van der Waals surface area contributed by atoms with Crippen molar-refractivity contribution >= 4 is 27.7 Å². The van der Waals surface area contributed by atoms with Crippen molar-refractivity contribution in [2.24, 2.45) is 0 Å². The van der Waals surface area contributed by atoms with Crippen LogP contribution in [0.15, 0.2) is 48.5 Å². The van der Waals surface area contributed by atoms with Crippen molar-refractivity contribution in [2.75, 3.05) is 6.61 Å². The summed E-state index contributed by atoms with van der Waals surface area (Å²) in [5, 5.41) is 3.94. The van der Waals surface area contributed by atoms with Crippen LogP contribution in [0.4, 0.5) is 4.79 Å². The number of rotatable bonds is 3. The van der Waals surface area contributed by atoms with E-state index in [2.05, 4.69) is 31.2 Å². The van der Waals surface area contributed by atoms with Gasteiger partial charge in [-0.25, -0.2) is 4.79 Å². The van der Waals surface area contributed by atoms with E-state index < -0.39 is 6.16 Å². The molecule has 0 aromatic heterocycles. The van der Waals surface area contributed by atoms with Crippen LogP contribution in [0.3, 0.4) is 0 Å². The third-order valence-electron chi connectivity index (χ3n) is 3.73. The Kier molecular flexibility index (Phi) is 3.96. The lowest BCUT2D eigenvalue weighted by Crippen LogP contribution is -2.10. The highest BCUT2D eigenvalue weighted by Crippen LogP contribution is 2.35. The van der Waals surface area contributed by atoms with Gasteiger partial charge in [-0.1, -0.05) is 43.3 Å². The lowest BCUT2D eigenvalue weighted by Gasteiger charge is -2.12. The number of fused-ring (bicyclic) bond motifs is 2. The normalized spacial score (nSPS) is 10.8. The Morgan fingerprint density at radius 1 is 0.955 bits per heavy atom. The molecule has 3 nitrogen and oxygen atoms in total. The van der Waals surface area contributed by atoms with E-state index >= 15 is 0 Å². The summed E-state index contributed by atoms with van der Waals surface area (Å²) in [6.07, 6.45) is 0.267. The van der Waals surface area contributed by atoms with E-state index in [1.165, 1.54) is 5.56 Å². The van der Waals surface area contributed by atoms with Crippen molar-refractivity contribution in [3.05, 3.63) is 54.1 Å². The third-order valence-corrected chi connectivity index (χ3v) is 3.73. The summed E-state index contributed by atoms with van der Waals surface area (Å²) in [7, 11) is 0. The van der Waals surface area contributed by atoms with Gasteiger partial charge in [0.15, 0.2) is 0 Å². The molecule has 0 amide bonds. The molecule has 0 unspecified atom stereocenters. The van der Waals surface area contributed by atoms with Crippen LogP contribution in [0.2, 0.25) is 0 Å². The summed E-state index contributed by atoms with van der Waals surface area (Å²) in [6.45, 7) is 4.16. The Balaban J connectivity index is 2.27. The second-order valence-corrected chi connectivity index (χ2v) is 5.12. The highest BCUT2D eigenvalue weighted by atomic mass is 16.7. The summed E-state index contributed by atoms with van der Waals surface area (Å²) >= 11 is 0. The van der Waals surface area contributed by atoms with Gasteiger partial charge in [0, 0.05) is 10.8 Å². The molecule has 3 aromatic carbocycles. The van der Waals surface area contributed by atoms with Crippen LogP contribution < -0.4 is 4.74 Å². The average Bonchev–Trinajstić information content (AvgIpc) is 2.54. The SMILES string of the molecule is CCOC(=O)Oc1c2ccccc2cc2ccc(CC)cc12. The van der Waals surface area contributed by atoms with Crippen molar-refractivity contribution < 1.29 is 14.3 Å². The van der Waals surface area contributed by atoms with E-state index in [0.29, 0.717) is 12.4 Å². The molecule has 112 valence electrons. The van der Waals surface area contributed by atoms with Crippen LogP contribution in [0.5, 0.6) is 5.75 Å². The number of hydrogen-bond acceptors (Lipinski definition) is 3. The molecule has 22 heavy (non-hydrogen) atoms. The molecule has 0 radical (unpaired) electrons.